The standard InChI is InChI=1S/C17H25NO4.Na/c1-4-7-11-22-12-18(16(19)17(20)21)15-13(5-2)9-8-10-14(15)6-3;/h8-10H,4-7,11-12H2,1-3H3,(H,20,21);/q;+1/p-1. The fourth-order valence-electron chi connectivity index (χ4n) is 2.30. The normalized spacial score (nSPS) is 10.0. The van der Waals surface area contributed by atoms with E-state index in [9.17, 15) is 14.7 Å². The second-order valence-electron chi connectivity index (χ2n) is 5.04. The van der Waals surface area contributed by atoms with Crippen LogP contribution < -0.4 is 39.6 Å². The van der Waals surface area contributed by atoms with Gasteiger partial charge in [0.15, 0.2) is 0 Å². The number of carbonyl (C=O) groups is 2. The van der Waals surface area contributed by atoms with E-state index in [1.807, 2.05) is 39.0 Å². The van der Waals surface area contributed by atoms with Crippen LogP contribution in [0.15, 0.2) is 18.2 Å². The van der Waals surface area contributed by atoms with Crippen LogP contribution in [0.2, 0.25) is 0 Å². The predicted octanol–water partition coefficient (Wildman–Crippen LogP) is -1.33. The number of hydrogen-bond donors (Lipinski definition) is 0. The number of rotatable bonds is 8. The number of unbranched alkanes of at least 4 members (excludes halogenated alkanes) is 1. The minimum absolute atomic E-state index is 0. The monoisotopic (exact) mass is 329 g/mol. The van der Waals surface area contributed by atoms with E-state index in [-0.39, 0.29) is 36.3 Å². The number of para-hydroxylation sites is 1. The van der Waals surface area contributed by atoms with Gasteiger partial charge in [-0.3, -0.25) is 9.69 Å². The maximum Gasteiger partial charge on any atom is 1.00 e. The van der Waals surface area contributed by atoms with Gasteiger partial charge >= 0.3 is 29.6 Å². The van der Waals surface area contributed by atoms with E-state index in [1.165, 1.54) is 4.90 Å². The van der Waals surface area contributed by atoms with Crippen molar-refractivity contribution in [1.29, 1.82) is 0 Å². The Bertz CT molecular complexity index is 497. The summed E-state index contributed by atoms with van der Waals surface area (Å²) in [6.45, 7) is 6.39. The quantitative estimate of drug-likeness (QED) is 0.257. The fourth-order valence-corrected chi connectivity index (χ4v) is 2.30. The molecule has 0 aromatic heterocycles. The van der Waals surface area contributed by atoms with E-state index in [0.29, 0.717) is 25.1 Å². The Balaban J connectivity index is 0.00000484. The molecule has 0 radical (unpaired) electrons. The van der Waals surface area contributed by atoms with Crippen LogP contribution in [0.5, 0.6) is 0 Å². The molecule has 23 heavy (non-hydrogen) atoms. The summed E-state index contributed by atoms with van der Waals surface area (Å²) in [6.07, 6.45) is 3.24. The molecule has 0 aliphatic rings. The molecule has 1 rings (SSSR count). The Morgan fingerprint density at radius 1 is 1.13 bits per heavy atom. The van der Waals surface area contributed by atoms with Crippen LogP contribution in [0.25, 0.3) is 0 Å². The molecule has 0 saturated heterocycles. The maximum absolute atomic E-state index is 12.0. The molecule has 0 spiro atoms. The van der Waals surface area contributed by atoms with Gasteiger partial charge in [-0.2, -0.15) is 0 Å². The van der Waals surface area contributed by atoms with E-state index < -0.39 is 11.9 Å². The third-order valence-electron chi connectivity index (χ3n) is 3.52. The van der Waals surface area contributed by atoms with E-state index in [1.54, 1.807) is 0 Å². The number of anilines is 1. The van der Waals surface area contributed by atoms with Gasteiger partial charge in [-0.25, -0.2) is 0 Å². The summed E-state index contributed by atoms with van der Waals surface area (Å²) in [5.41, 5.74) is 2.49. The number of benzene rings is 1. The van der Waals surface area contributed by atoms with Gasteiger partial charge in [0.05, 0.1) is 5.69 Å². The first-order valence-corrected chi connectivity index (χ1v) is 7.78. The summed E-state index contributed by atoms with van der Waals surface area (Å²) < 4.78 is 5.47. The van der Waals surface area contributed by atoms with Gasteiger partial charge in [0.25, 0.3) is 5.91 Å². The van der Waals surface area contributed by atoms with Crippen molar-refractivity contribution in [2.45, 2.75) is 46.5 Å². The van der Waals surface area contributed by atoms with Crippen molar-refractivity contribution in [3.63, 3.8) is 0 Å². The summed E-state index contributed by atoms with van der Waals surface area (Å²) >= 11 is 0. The zero-order valence-electron chi connectivity index (χ0n) is 14.6. The summed E-state index contributed by atoms with van der Waals surface area (Å²) in [7, 11) is 0. The first kappa shape index (κ1) is 22.1. The van der Waals surface area contributed by atoms with Crippen LogP contribution in [0.4, 0.5) is 5.69 Å². The molecule has 5 nitrogen and oxygen atoms in total. The Morgan fingerprint density at radius 3 is 2.13 bits per heavy atom. The van der Waals surface area contributed by atoms with Crippen LogP contribution in [0.1, 0.15) is 44.7 Å². The van der Waals surface area contributed by atoms with E-state index >= 15 is 0 Å². The van der Waals surface area contributed by atoms with Crippen molar-refractivity contribution in [2.24, 2.45) is 0 Å². The number of aliphatic carboxylic acids is 1. The molecule has 0 aliphatic heterocycles. The number of carbonyl (C=O) groups excluding carboxylic acids is 2. The molecule has 0 atom stereocenters. The summed E-state index contributed by atoms with van der Waals surface area (Å²) in [5, 5.41) is 11.0. The minimum atomic E-state index is -1.72. The second-order valence-corrected chi connectivity index (χ2v) is 5.04. The van der Waals surface area contributed by atoms with E-state index in [4.69, 9.17) is 4.74 Å². The Labute approximate surface area is 160 Å². The fraction of sp³-hybridized carbons (Fsp3) is 0.529. The zero-order valence-corrected chi connectivity index (χ0v) is 16.6. The largest absolute Gasteiger partial charge is 1.00 e. The Hall–Kier alpha value is -0.880. The van der Waals surface area contributed by atoms with E-state index in [0.717, 1.165) is 24.0 Å². The molecule has 0 fully saturated rings. The van der Waals surface area contributed by atoms with Crippen molar-refractivity contribution >= 4 is 17.6 Å². The van der Waals surface area contributed by atoms with Gasteiger partial charge < -0.3 is 14.6 Å². The molecular formula is C17H24NNaO4. The number of carboxylic acid groups (broad SMARTS) is 1. The molecule has 1 aromatic rings. The van der Waals surface area contributed by atoms with Crippen molar-refractivity contribution in [3.8, 4) is 0 Å². The number of aryl methyl sites for hydroxylation is 2. The molecule has 0 aliphatic carbocycles. The minimum Gasteiger partial charge on any atom is -0.540 e. The number of amides is 1. The van der Waals surface area contributed by atoms with Crippen LogP contribution >= 0.6 is 0 Å². The van der Waals surface area contributed by atoms with Crippen LogP contribution in [0, 0.1) is 0 Å². The van der Waals surface area contributed by atoms with Gasteiger partial charge in [-0.05, 0) is 30.4 Å². The van der Waals surface area contributed by atoms with Gasteiger partial charge in [0.2, 0.25) is 0 Å². The summed E-state index contributed by atoms with van der Waals surface area (Å²) in [6, 6.07) is 5.72. The second kappa shape index (κ2) is 11.6. The molecule has 0 heterocycles. The average Bonchev–Trinajstić information content (AvgIpc) is 2.53. The smallest absolute Gasteiger partial charge is 0.540 e. The molecular weight excluding hydrogens is 305 g/mol. The topological polar surface area (TPSA) is 69.7 Å². The van der Waals surface area contributed by atoms with Crippen molar-refractivity contribution in [3.05, 3.63) is 29.3 Å². The van der Waals surface area contributed by atoms with Gasteiger partial charge in [-0.15, -0.1) is 0 Å². The van der Waals surface area contributed by atoms with E-state index in [2.05, 4.69) is 0 Å². The van der Waals surface area contributed by atoms with Gasteiger partial charge in [0.1, 0.15) is 12.7 Å². The van der Waals surface area contributed by atoms with Crippen molar-refractivity contribution in [1.82, 2.24) is 0 Å². The molecule has 122 valence electrons. The number of hydrogen-bond acceptors (Lipinski definition) is 4. The molecule has 0 saturated carbocycles. The van der Waals surface area contributed by atoms with Crippen molar-refractivity contribution < 1.29 is 49.0 Å². The van der Waals surface area contributed by atoms with Crippen LogP contribution in [0.3, 0.4) is 0 Å². The molecule has 6 heteroatoms. The van der Waals surface area contributed by atoms with Crippen molar-refractivity contribution in [2.75, 3.05) is 18.2 Å². The molecule has 0 N–H and O–H groups in total. The first-order valence-electron chi connectivity index (χ1n) is 7.78. The number of carboxylic acids is 1. The van der Waals surface area contributed by atoms with Crippen LogP contribution in [-0.2, 0) is 27.2 Å². The zero-order chi connectivity index (χ0) is 16.5. The van der Waals surface area contributed by atoms with Gasteiger partial charge in [-0.1, -0.05) is 45.4 Å². The average molecular weight is 329 g/mol. The maximum atomic E-state index is 12.0. The third-order valence-corrected chi connectivity index (χ3v) is 3.52. The van der Waals surface area contributed by atoms with Crippen LogP contribution in [-0.4, -0.2) is 25.2 Å². The molecule has 0 unspecified atom stereocenters. The summed E-state index contributed by atoms with van der Waals surface area (Å²) in [5.74, 6) is -2.78. The third kappa shape index (κ3) is 6.26. The van der Waals surface area contributed by atoms with Gasteiger partial charge in [0, 0.05) is 6.61 Å². The Kier molecular flexibility index (Phi) is 11.2. The molecule has 0 bridgehead atoms. The number of nitrogens with zero attached hydrogens (tertiary/aromatic N) is 1. The predicted molar refractivity (Wildman–Crippen MR) is 83.4 cm³/mol. The molecule has 1 amide bonds. The Morgan fingerprint density at radius 2 is 1.70 bits per heavy atom. The first-order chi connectivity index (χ1) is 10.6. The SMILES string of the molecule is CCCCOCN(C(=O)C(=O)[O-])c1c(CC)cccc1CC.[Na+]. The summed E-state index contributed by atoms with van der Waals surface area (Å²) in [4.78, 5) is 24.3. The molecule has 1 aromatic carbocycles. The number of ether oxygens (including phenoxy) is 1.